The minimum Gasteiger partial charge on any atom is -0.498 e. The Balaban J connectivity index is 1.76. The predicted molar refractivity (Wildman–Crippen MR) is 69.9 cm³/mol. The number of hydrogen-bond acceptors (Lipinski definition) is 2. The van der Waals surface area contributed by atoms with E-state index < -0.39 is 0 Å². The van der Waals surface area contributed by atoms with Gasteiger partial charge in [0, 0.05) is 5.92 Å². The van der Waals surface area contributed by atoms with Gasteiger partial charge in [-0.1, -0.05) is 20.3 Å². The third-order valence-electron chi connectivity index (χ3n) is 4.16. The van der Waals surface area contributed by atoms with Crippen molar-refractivity contribution in [3.63, 3.8) is 0 Å². The lowest BCUT2D eigenvalue weighted by Crippen LogP contribution is -2.35. The minimum absolute atomic E-state index is 0.410. The summed E-state index contributed by atoms with van der Waals surface area (Å²) in [5.74, 6) is 0.623. The number of hydrogen-bond donors (Lipinski definition) is 0. The van der Waals surface area contributed by atoms with E-state index in [4.69, 9.17) is 9.47 Å². The average Bonchev–Trinajstić information content (AvgIpc) is 2.40. The topological polar surface area (TPSA) is 18.5 Å². The molecule has 0 radical (unpaired) electrons. The van der Waals surface area contributed by atoms with Crippen molar-refractivity contribution in [1.82, 2.24) is 0 Å². The fraction of sp³-hybridized carbons (Fsp3) is 0.867. The van der Waals surface area contributed by atoms with E-state index >= 15 is 0 Å². The molecule has 2 heteroatoms. The van der Waals surface area contributed by atoms with Crippen LogP contribution in [-0.2, 0) is 9.47 Å². The zero-order valence-electron chi connectivity index (χ0n) is 11.3. The van der Waals surface area contributed by atoms with Crippen molar-refractivity contribution in [2.45, 2.75) is 71.0 Å². The smallest absolute Gasteiger partial charge is 0.103 e. The standard InChI is InChI=1S/C15H26O2/c1-3-5-14-8-7-13(11-16-14)15-9-6-12(4-2)10-17-15/h10,13-15H,3-9,11H2,1-2H3. The van der Waals surface area contributed by atoms with Crippen molar-refractivity contribution in [3.05, 3.63) is 11.8 Å². The van der Waals surface area contributed by atoms with Gasteiger partial charge in [0.1, 0.15) is 6.10 Å². The molecule has 2 aliphatic heterocycles. The molecule has 0 amide bonds. The summed E-state index contributed by atoms with van der Waals surface area (Å²) >= 11 is 0. The molecule has 0 aromatic heterocycles. The molecule has 0 spiro atoms. The van der Waals surface area contributed by atoms with Gasteiger partial charge < -0.3 is 9.47 Å². The Morgan fingerprint density at radius 3 is 2.65 bits per heavy atom. The maximum absolute atomic E-state index is 5.94. The van der Waals surface area contributed by atoms with Crippen molar-refractivity contribution >= 4 is 0 Å². The van der Waals surface area contributed by atoms with Crippen LogP contribution in [0.15, 0.2) is 11.8 Å². The Hall–Kier alpha value is -0.500. The van der Waals surface area contributed by atoms with Crippen LogP contribution in [-0.4, -0.2) is 18.8 Å². The second-order valence-electron chi connectivity index (χ2n) is 5.42. The molecule has 0 aromatic carbocycles. The van der Waals surface area contributed by atoms with Gasteiger partial charge in [-0.3, -0.25) is 0 Å². The monoisotopic (exact) mass is 238 g/mol. The molecular weight excluding hydrogens is 212 g/mol. The van der Waals surface area contributed by atoms with E-state index in [9.17, 15) is 0 Å². The summed E-state index contributed by atoms with van der Waals surface area (Å²) in [6.07, 6.45) is 11.4. The largest absolute Gasteiger partial charge is 0.498 e. The Morgan fingerprint density at radius 1 is 1.24 bits per heavy atom. The summed E-state index contributed by atoms with van der Waals surface area (Å²) in [4.78, 5) is 0. The molecule has 1 fully saturated rings. The molecule has 2 nitrogen and oxygen atoms in total. The number of rotatable bonds is 4. The van der Waals surface area contributed by atoms with Gasteiger partial charge in [0.25, 0.3) is 0 Å². The molecule has 0 aliphatic carbocycles. The fourth-order valence-electron chi connectivity index (χ4n) is 2.91. The highest BCUT2D eigenvalue weighted by Gasteiger charge is 2.29. The van der Waals surface area contributed by atoms with E-state index in [-0.39, 0.29) is 0 Å². The van der Waals surface area contributed by atoms with Gasteiger partial charge in [-0.15, -0.1) is 0 Å². The van der Waals surface area contributed by atoms with Crippen molar-refractivity contribution in [2.24, 2.45) is 5.92 Å². The van der Waals surface area contributed by atoms with Crippen molar-refractivity contribution < 1.29 is 9.47 Å². The fourth-order valence-corrected chi connectivity index (χ4v) is 2.91. The molecule has 0 N–H and O–H groups in total. The quantitative estimate of drug-likeness (QED) is 0.735. The van der Waals surface area contributed by atoms with Crippen molar-refractivity contribution in [1.29, 1.82) is 0 Å². The van der Waals surface area contributed by atoms with Crippen molar-refractivity contribution in [2.75, 3.05) is 6.61 Å². The van der Waals surface area contributed by atoms with Crippen LogP contribution in [0.2, 0.25) is 0 Å². The Labute approximate surface area is 105 Å². The van der Waals surface area contributed by atoms with Crippen LogP contribution in [0.25, 0.3) is 0 Å². The van der Waals surface area contributed by atoms with Gasteiger partial charge in [0.05, 0.1) is 19.0 Å². The van der Waals surface area contributed by atoms with Crippen LogP contribution >= 0.6 is 0 Å². The van der Waals surface area contributed by atoms with Crippen LogP contribution in [0.4, 0.5) is 0 Å². The highest BCUT2D eigenvalue weighted by Crippen LogP contribution is 2.31. The first-order chi connectivity index (χ1) is 8.33. The van der Waals surface area contributed by atoms with Crippen LogP contribution in [0.1, 0.15) is 58.8 Å². The van der Waals surface area contributed by atoms with Gasteiger partial charge in [-0.2, -0.15) is 0 Å². The van der Waals surface area contributed by atoms with E-state index in [1.165, 1.54) is 44.1 Å². The molecule has 0 saturated carbocycles. The van der Waals surface area contributed by atoms with Gasteiger partial charge in [-0.05, 0) is 44.1 Å². The molecule has 2 aliphatic rings. The minimum atomic E-state index is 0.410. The van der Waals surface area contributed by atoms with E-state index in [0.717, 1.165) is 13.0 Å². The highest BCUT2D eigenvalue weighted by molar-refractivity contribution is 5.01. The summed E-state index contributed by atoms with van der Waals surface area (Å²) in [6, 6.07) is 0. The molecular formula is C15H26O2. The molecule has 1 saturated heterocycles. The predicted octanol–water partition coefficient (Wildman–Crippen LogP) is 4.05. The first-order valence-electron chi connectivity index (χ1n) is 7.28. The normalized spacial score (nSPS) is 34.0. The second kappa shape index (κ2) is 6.44. The van der Waals surface area contributed by atoms with E-state index in [1.54, 1.807) is 0 Å². The average molecular weight is 238 g/mol. The van der Waals surface area contributed by atoms with E-state index in [0.29, 0.717) is 18.1 Å². The van der Waals surface area contributed by atoms with Gasteiger partial charge in [-0.25, -0.2) is 0 Å². The van der Waals surface area contributed by atoms with Crippen LogP contribution in [0.5, 0.6) is 0 Å². The molecule has 3 unspecified atom stereocenters. The summed E-state index contributed by atoms with van der Waals surface area (Å²) < 4.78 is 11.8. The van der Waals surface area contributed by atoms with Crippen LogP contribution < -0.4 is 0 Å². The van der Waals surface area contributed by atoms with Crippen LogP contribution in [0.3, 0.4) is 0 Å². The summed E-state index contributed by atoms with van der Waals surface area (Å²) in [5, 5.41) is 0. The number of ether oxygens (including phenoxy) is 2. The maximum atomic E-state index is 5.94. The Kier molecular flexibility index (Phi) is 4.90. The first kappa shape index (κ1) is 12.9. The molecule has 98 valence electrons. The SMILES string of the molecule is CCCC1CCC(C2CCC(CC)=CO2)CO1. The van der Waals surface area contributed by atoms with Crippen molar-refractivity contribution in [3.8, 4) is 0 Å². The molecule has 3 atom stereocenters. The lowest BCUT2D eigenvalue weighted by Gasteiger charge is -2.35. The molecule has 2 rings (SSSR count). The van der Waals surface area contributed by atoms with E-state index in [2.05, 4.69) is 13.8 Å². The summed E-state index contributed by atoms with van der Waals surface area (Å²) in [5.41, 5.74) is 1.46. The molecule has 0 aromatic rings. The first-order valence-corrected chi connectivity index (χ1v) is 7.28. The lowest BCUT2D eigenvalue weighted by molar-refractivity contribution is -0.0650. The third kappa shape index (κ3) is 3.48. The summed E-state index contributed by atoms with van der Waals surface area (Å²) in [6.45, 7) is 5.34. The molecule has 17 heavy (non-hydrogen) atoms. The maximum Gasteiger partial charge on any atom is 0.103 e. The van der Waals surface area contributed by atoms with Crippen LogP contribution in [0, 0.1) is 5.92 Å². The van der Waals surface area contributed by atoms with Gasteiger partial charge in [0.2, 0.25) is 0 Å². The third-order valence-corrected chi connectivity index (χ3v) is 4.16. The highest BCUT2D eigenvalue weighted by atomic mass is 16.5. The lowest BCUT2D eigenvalue weighted by atomic mass is 9.88. The van der Waals surface area contributed by atoms with E-state index in [1.807, 2.05) is 6.26 Å². The molecule has 0 bridgehead atoms. The van der Waals surface area contributed by atoms with Gasteiger partial charge >= 0.3 is 0 Å². The Bertz CT molecular complexity index is 252. The zero-order valence-corrected chi connectivity index (χ0v) is 11.3. The number of allylic oxidation sites excluding steroid dienone is 1. The summed E-state index contributed by atoms with van der Waals surface area (Å²) in [7, 11) is 0. The Morgan fingerprint density at radius 2 is 2.12 bits per heavy atom. The van der Waals surface area contributed by atoms with Gasteiger partial charge in [0.15, 0.2) is 0 Å². The second-order valence-corrected chi connectivity index (χ2v) is 5.42. The molecule has 2 heterocycles. The zero-order chi connectivity index (χ0) is 12.1.